The molecule has 0 spiro atoms. The summed E-state index contributed by atoms with van der Waals surface area (Å²) < 4.78 is 10.8. The van der Waals surface area contributed by atoms with Gasteiger partial charge < -0.3 is 14.4 Å². The predicted octanol–water partition coefficient (Wildman–Crippen LogP) is 1.18. The molecule has 1 aromatic rings. The summed E-state index contributed by atoms with van der Waals surface area (Å²) in [4.78, 5) is 13.0. The Bertz CT molecular complexity index is 401. The average Bonchev–Trinajstić information content (AvgIpc) is 2.58. The molecule has 0 fully saturated rings. The standard InChI is InChI=1S/C11H13NO3/c1-7-4-5-8-9(6-7)15-11(14-8)10(13)12(2)3/h4-6,11H,1-3H3. The maximum absolute atomic E-state index is 11.6. The number of carbonyl (C=O) groups is 1. The zero-order chi connectivity index (χ0) is 11.0. The number of fused-ring (bicyclic) bond motifs is 1. The Morgan fingerprint density at radius 2 is 1.93 bits per heavy atom. The maximum Gasteiger partial charge on any atom is 0.321 e. The molecule has 1 aromatic carbocycles. The van der Waals surface area contributed by atoms with E-state index in [1.54, 1.807) is 14.1 Å². The van der Waals surface area contributed by atoms with Crippen molar-refractivity contribution in [3.8, 4) is 11.5 Å². The quantitative estimate of drug-likeness (QED) is 0.694. The van der Waals surface area contributed by atoms with Crippen LogP contribution in [-0.2, 0) is 4.79 Å². The zero-order valence-electron chi connectivity index (χ0n) is 8.98. The number of ether oxygens (including phenoxy) is 2. The van der Waals surface area contributed by atoms with Crippen LogP contribution >= 0.6 is 0 Å². The minimum atomic E-state index is -0.836. The number of likely N-dealkylation sites (N-methyl/N-ethyl adjacent to an activating group) is 1. The van der Waals surface area contributed by atoms with E-state index in [4.69, 9.17) is 9.47 Å². The average molecular weight is 207 g/mol. The second kappa shape index (κ2) is 3.46. The number of rotatable bonds is 1. The number of aryl methyl sites for hydroxylation is 1. The molecule has 0 radical (unpaired) electrons. The molecule has 1 unspecified atom stereocenters. The van der Waals surface area contributed by atoms with Crippen molar-refractivity contribution < 1.29 is 14.3 Å². The van der Waals surface area contributed by atoms with Crippen LogP contribution in [0.4, 0.5) is 0 Å². The van der Waals surface area contributed by atoms with Gasteiger partial charge in [0.15, 0.2) is 11.5 Å². The van der Waals surface area contributed by atoms with Crippen molar-refractivity contribution in [2.75, 3.05) is 14.1 Å². The first kappa shape index (κ1) is 9.83. The Morgan fingerprint density at radius 3 is 2.60 bits per heavy atom. The number of amides is 1. The van der Waals surface area contributed by atoms with Gasteiger partial charge in [-0.1, -0.05) is 6.07 Å². The van der Waals surface area contributed by atoms with Crippen molar-refractivity contribution in [3.05, 3.63) is 23.8 Å². The first-order valence-corrected chi connectivity index (χ1v) is 4.73. The van der Waals surface area contributed by atoms with E-state index in [9.17, 15) is 4.79 Å². The first-order chi connectivity index (χ1) is 7.08. The molecular weight excluding hydrogens is 194 g/mol. The van der Waals surface area contributed by atoms with Gasteiger partial charge in [0.05, 0.1) is 0 Å². The van der Waals surface area contributed by atoms with Crippen molar-refractivity contribution in [1.29, 1.82) is 0 Å². The lowest BCUT2D eigenvalue weighted by molar-refractivity contribution is -0.145. The fraction of sp³-hybridized carbons (Fsp3) is 0.364. The number of hydrogen-bond donors (Lipinski definition) is 0. The fourth-order valence-corrected chi connectivity index (χ4v) is 1.37. The highest BCUT2D eigenvalue weighted by Crippen LogP contribution is 2.35. The van der Waals surface area contributed by atoms with Crippen molar-refractivity contribution in [2.45, 2.75) is 13.2 Å². The van der Waals surface area contributed by atoms with Crippen LogP contribution in [0.2, 0.25) is 0 Å². The Hall–Kier alpha value is -1.71. The Morgan fingerprint density at radius 1 is 1.27 bits per heavy atom. The summed E-state index contributed by atoms with van der Waals surface area (Å²) in [6.45, 7) is 1.96. The molecule has 0 N–H and O–H groups in total. The zero-order valence-corrected chi connectivity index (χ0v) is 8.98. The molecule has 80 valence electrons. The van der Waals surface area contributed by atoms with E-state index >= 15 is 0 Å². The lowest BCUT2D eigenvalue weighted by Crippen LogP contribution is -2.38. The predicted molar refractivity (Wildman–Crippen MR) is 54.9 cm³/mol. The molecule has 1 heterocycles. The largest absolute Gasteiger partial charge is 0.442 e. The molecule has 0 aliphatic carbocycles. The molecule has 0 aromatic heterocycles. The van der Waals surface area contributed by atoms with Gasteiger partial charge in [-0.05, 0) is 24.6 Å². The third-order valence-corrected chi connectivity index (χ3v) is 2.21. The van der Waals surface area contributed by atoms with Crippen LogP contribution in [0.1, 0.15) is 5.56 Å². The number of hydrogen-bond acceptors (Lipinski definition) is 3. The normalized spacial score (nSPS) is 17.7. The molecule has 1 aliphatic heterocycles. The number of carbonyl (C=O) groups excluding carboxylic acids is 1. The summed E-state index contributed by atoms with van der Waals surface area (Å²) in [6.07, 6.45) is -0.836. The van der Waals surface area contributed by atoms with Crippen LogP contribution < -0.4 is 9.47 Å². The SMILES string of the molecule is Cc1ccc2c(c1)OC(C(=O)N(C)C)O2. The summed E-state index contributed by atoms with van der Waals surface area (Å²) in [7, 11) is 3.34. The summed E-state index contributed by atoms with van der Waals surface area (Å²) in [5, 5.41) is 0. The number of benzene rings is 1. The highest BCUT2D eigenvalue weighted by Gasteiger charge is 2.31. The molecule has 4 nitrogen and oxygen atoms in total. The van der Waals surface area contributed by atoms with E-state index in [1.807, 2.05) is 25.1 Å². The van der Waals surface area contributed by atoms with Crippen molar-refractivity contribution >= 4 is 5.91 Å². The molecule has 1 atom stereocenters. The molecule has 2 rings (SSSR count). The second-order valence-corrected chi connectivity index (χ2v) is 3.75. The van der Waals surface area contributed by atoms with E-state index in [1.165, 1.54) is 4.90 Å². The highest BCUT2D eigenvalue weighted by molar-refractivity contribution is 5.80. The lowest BCUT2D eigenvalue weighted by atomic mass is 10.2. The summed E-state index contributed by atoms with van der Waals surface area (Å²) >= 11 is 0. The van der Waals surface area contributed by atoms with Gasteiger partial charge in [0.25, 0.3) is 0 Å². The van der Waals surface area contributed by atoms with Crippen LogP contribution in [0.15, 0.2) is 18.2 Å². The van der Waals surface area contributed by atoms with Crippen LogP contribution in [0.3, 0.4) is 0 Å². The summed E-state index contributed by atoms with van der Waals surface area (Å²) in [5.74, 6) is 1.07. The summed E-state index contributed by atoms with van der Waals surface area (Å²) in [5.41, 5.74) is 1.08. The first-order valence-electron chi connectivity index (χ1n) is 4.73. The van der Waals surface area contributed by atoms with Crippen molar-refractivity contribution in [1.82, 2.24) is 4.90 Å². The van der Waals surface area contributed by atoms with E-state index in [0.717, 1.165) is 5.56 Å². The third kappa shape index (κ3) is 1.75. The smallest absolute Gasteiger partial charge is 0.321 e. The van der Waals surface area contributed by atoms with Gasteiger partial charge in [0.1, 0.15) is 0 Å². The van der Waals surface area contributed by atoms with Gasteiger partial charge in [0.2, 0.25) is 0 Å². The number of nitrogens with zero attached hydrogens (tertiary/aromatic N) is 1. The van der Waals surface area contributed by atoms with Gasteiger partial charge in [-0.3, -0.25) is 4.79 Å². The molecular formula is C11H13NO3. The topological polar surface area (TPSA) is 38.8 Å². The minimum absolute atomic E-state index is 0.191. The Labute approximate surface area is 88.4 Å². The van der Waals surface area contributed by atoms with Gasteiger partial charge in [0, 0.05) is 14.1 Å². The lowest BCUT2D eigenvalue weighted by Gasteiger charge is -2.14. The third-order valence-electron chi connectivity index (χ3n) is 2.21. The molecule has 15 heavy (non-hydrogen) atoms. The Kier molecular flexibility index (Phi) is 2.26. The monoisotopic (exact) mass is 207 g/mol. The molecule has 0 bridgehead atoms. The van der Waals surface area contributed by atoms with E-state index < -0.39 is 6.29 Å². The van der Waals surface area contributed by atoms with E-state index in [0.29, 0.717) is 11.5 Å². The van der Waals surface area contributed by atoms with Gasteiger partial charge in [-0.25, -0.2) is 0 Å². The van der Waals surface area contributed by atoms with Crippen LogP contribution in [0, 0.1) is 6.92 Å². The summed E-state index contributed by atoms with van der Waals surface area (Å²) in [6, 6.07) is 5.59. The van der Waals surface area contributed by atoms with Crippen molar-refractivity contribution in [2.24, 2.45) is 0 Å². The molecule has 1 amide bonds. The minimum Gasteiger partial charge on any atom is -0.442 e. The fourth-order valence-electron chi connectivity index (χ4n) is 1.37. The molecule has 0 saturated carbocycles. The van der Waals surface area contributed by atoms with Gasteiger partial charge in [-0.15, -0.1) is 0 Å². The molecule has 4 heteroatoms. The highest BCUT2D eigenvalue weighted by atomic mass is 16.7. The maximum atomic E-state index is 11.6. The van der Waals surface area contributed by atoms with Crippen LogP contribution in [0.25, 0.3) is 0 Å². The molecule has 1 aliphatic rings. The van der Waals surface area contributed by atoms with E-state index in [2.05, 4.69) is 0 Å². The van der Waals surface area contributed by atoms with Gasteiger partial charge in [-0.2, -0.15) is 0 Å². The molecule has 0 saturated heterocycles. The second-order valence-electron chi connectivity index (χ2n) is 3.75. The van der Waals surface area contributed by atoms with E-state index in [-0.39, 0.29) is 5.91 Å². The van der Waals surface area contributed by atoms with Crippen LogP contribution in [0.5, 0.6) is 11.5 Å². The van der Waals surface area contributed by atoms with Gasteiger partial charge >= 0.3 is 12.2 Å². The van der Waals surface area contributed by atoms with Crippen molar-refractivity contribution in [3.63, 3.8) is 0 Å². The Balaban J connectivity index is 2.19. The van der Waals surface area contributed by atoms with Crippen LogP contribution in [-0.4, -0.2) is 31.2 Å².